The maximum atomic E-state index is 5.25. The quantitative estimate of drug-likeness (QED) is 0.701. The van der Waals surface area contributed by atoms with Gasteiger partial charge in [-0.2, -0.15) is 0 Å². The maximum Gasteiger partial charge on any atom is 0.161 e. The Morgan fingerprint density at radius 2 is 2.00 bits per heavy atom. The second-order valence-corrected chi connectivity index (χ2v) is 4.72. The van der Waals surface area contributed by atoms with E-state index in [1.807, 2.05) is 6.07 Å². The van der Waals surface area contributed by atoms with E-state index in [2.05, 4.69) is 41.1 Å². The minimum Gasteiger partial charge on any atom is -0.323 e. The zero-order chi connectivity index (χ0) is 9.97. The fourth-order valence-corrected chi connectivity index (χ4v) is 2.45. The third-order valence-corrected chi connectivity index (χ3v) is 3.55. The third kappa shape index (κ3) is 1.94. The van der Waals surface area contributed by atoms with Crippen molar-refractivity contribution in [2.75, 3.05) is 0 Å². The van der Waals surface area contributed by atoms with Crippen LogP contribution in [0.25, 0.3) is 0 Å². The van der Waals surface area contributed by atoms with Crippen LogP contribution >= 0.6 is 23.6 Å². The first-order valence-electron chi connectivity index (χ1n) is 4.46. The van der Waals surface area contributed by atoms with E-state index in [1.54, 1.807) is 11.3 Å². The molecule has 14 heavy (non-hydrogen) atoms. The van der Waals surface area contributed by atoms with Crippen molar-refractivity contribution in [2.24, 2.45) is 0 Å². The number of benzene rings is 1. The highest BCUT2D eigenvalue weighted by Crippen LogP contribution is 2.12. The summed E-state index contributed by atoms with van der Waals surface area (Å²) in [6.07, 6.45) is 0. The molecule has 1 nitrogen and oxygen atoms in total. The standard InChI is InChI=1S/C11H11NS2/c1-9-8-14-11(13)12(9)7-10-5-3-2-4-6-10/h2-6,8H,7H2,1H3. The van der Waals surface area contributed by atoms with Crippen molar-refractivity contribution >= 4 is 23.6 Å². The molecule has 0 N–H and O–H groups in total. The molecule has 3 heteroatoms. The number of aromatic nitrogens is 1. The van der Waals surface area contributed by atoms with E-state index < -0.39 is 0 Å². The lowest BCUT2D eigenvalue weighted by Gasteiger charge is -2.04. The van der Waals surface area contributed by atoms with Gasteiger partial charge in [0.2, 0.25) is 0 Å². The molecule has 2 aromatic rings. The summed E-state index contributed by atoms with van der Waals surface area (Å²) in [4.78, 5) is 0. The van der Waals surface area contributed by atoms with Crippen LogP contribution in [0.2, 0.25) is 0 Å². The van der Waals surface area contributed by atoms with Crippen molar-refractivity contribution in [2.45, 2.75) is 13.5 Å². The van der Waals surface area contributed by atoms with Crippen LogP contribution in [0.15, 0.2) is 35.7 Å². The van der Waals surface area contributed by atoms with Gasteiger partial charge in [0.15, 0.2) is 3.95 Å². The van der Waals surface area contributed by atoms with Gasteiger partial charge in [0.25, 0.3) is 0 Å². The van der Waals surface area contributed by atoms with Gasteiger partial charge in [0, 0.05) is 17.6 Å². The normalized spacial score (nSPS) is 10.4. The molecule has 1 aromatic heterocycles. The maximum absolute atomic E-state index is 5.25. The van der Waals surface area contributed by atoms with Crippen LogP contribution in [0.4, 0.5) is 0 Å². The van der Waals surface area contributed by atoms with Gasteiger partial charge in [0.05, 0.1) is 0 Å². The van der Waals surface area contributed by atoms with Crippen LogP contribution in [0.5, 0.6) is 0 Å². The van der Waals surface area contributed by atoms with Crippen molar-refractivity contribution in [1.29, 1.82) is 0 Å². The van der Waals surface area contributed by atoms with E-state index in [0.717, 1.165) is 10.5 Å². The number of thiazole rings is 1. The van der Waals surface area contributed by atoms with Gasteiger partial charge >= 0.3 is 0 Å². The summed E-state index contributed by atoms with van der Waals surface area (Å²) < 4.78 is 3.11. The molecule has 72 valence electrons. The third-order valence-electron chi connectivity index (χ3n) is 2.16. The largest absolute Gasteiger partial charge is 0.323 e. The van der Waals surface area contributed by atoms with E-state index >= 15 is 0 Å². The van der Waals surface area contributed by atoms with Crippen molar-refractivity contribution in [3.05, 3.63) is 50.9 Å². The second kappa shape index (κ2) is 4.07. The Labute approximate surface area is 92.6 Å². The number of aryl methyl sites for hydroxylation is 1. The lowest BCUT2D eigenvalue weighted by atomic mass is 10.2. The van der Waals surface area contributed by atoms with Crippen LogP contribution in [-0.4, -0.2) is 4.57 Å². The van der Waals surface area contributed by atoms with Crippen LogP contribution in [-0.2, 0) is 6.54 Å². The summed E-state index contributed by atoms with van der Waals surface area (Å²) >= 11 is 6.88. The van der Waals surface area contributed by atoms with E-state index in [9.17, 15) is 0 Å². The van der Waals surface area contributed by atoms with Gasteiger partial charge in [-0.25, -0.2) is 0 Å². The molecule has 1 aromatic carbocycles. The molecule has 2 rings (SSSR count). The molecule has 0 fully saturated rings. The van der Waals surface area contributed by atoms with Crippen molar-refractivity contribution < 1.29 is 0 Å². The molecule has 0 atom stereocenters. The summed E-state index contributed by atoms with van der Waals surface area (Å²) in [6, 6.07) is 10.4. The number of hydrogen-bond donors (Lipinski definition) is 0. The predicted octanol–water partition coefficient (Wildman–Crippen LogP) is 3.64. The highest BCUT2D eigenvalue weighted by Gasteiger charge is 1.99. The zero-order valence-electron chi connectivity index (χ0n) is 7.93. The first-order chi connectivity index (χ1) is 6.77. The van der Waals surface area contributed by atoms with Crippen molar-refractivity contribution in [3.63, 3.8) is 0 Å². The molecular formula is C11H11NS2. The van der Waals surface area contributed by atoms with E-state index in [-0.39, 0.29) is 0 Å². The molecule has 0 aliphatic rings. The summed E-state index contributed by atoms with van der Waals surface area (Å²) in [5, 5.41) is 2.10. The first kappa shape index (κ1) is 9.62. The number of rotatable bonds is 2. The van der Waals surface area contributed by atoms with Gasteiger partial charge in [-0.15, -0.1) is 11.3 Å². The van der Waals surface area contributed by atoms with E-state index in [4.69, 9.17) is 12.2 Å². The first-order valence-corrected chi connectivity index (χ1v) is 5.75. The summed E-state index contributed by atoms with van der Waals surface area (Å²) in [6.45, 7) is 2.98. The van der Waals surface area contributed by atoms with Gasteiger partial charge in [-0.1, -0.05) is 30.3 Å². The van der Waals surface area contributed by atoms with Gasteiger partial charge in [0.1, 0.15) is 0 Å². The summed E-state index contributed by atoms with van der Waals surface area (Å²) in [5.74, 6) is 0. The number of hydrogen-bond acceptors (Lipinski definition) is 2. The molecule has 0 bridgehead atoms. The Morgan fingerprint density at radius 1 is 1.29 bits per heavy atom. The molecular weight excluding hydrogens is 210 g/mol. The minimum atomic E-state index is 0.884. The Bertz CT molecular complexity index is 468. The van der Waals surface area contributed by atoms with Crippen LogP contribution < -0.4 is 0 Å². The van der Waals surface area contributed by atoms with Crippen LogP contribution in [0, 0.1) is 10.9 Å². The van der Waals surface area contributed by atoms with E-state index in [0.29, 0.717) is 0 Å². The fraction of sp³-hybridized carbons (Fsp3) is 0.182. The molecule has 0 saturated carbocycles. The molecule has 0 radical (unpaired) electrons. The average Bonchev–Trinajstić information content (AvgIpc) is 2.51. The average molecular weight is 221 g/mol. The second-order valence-electron chi connectivity index (χ2n) is 3.21. The highest BCUT2D eigenvalue weighted by molar-refractivity contribution is 7.73. The minimum absolute atomic E-state index is 0.884. The number of nitrogens with zero attached hydrogens (tertiary/aromatic N) is 1. The SMILES string of the molecule is Cc1csc(=S)n1Cc1ccccc1. The van der Waals surface area contributed by atoms with E-state index in [1.165, 1.54) is 11.3 Å². The lowest BCUT2D eigenvalue weighted by molar-refractivity contribution is 0.770. The van der Waals surface area contributed by atoms with Crippen LogP contribution in [0.1, 0.15) is 11.3 Å². The van der Waals surface area contributed by atoms with Gasteiger partial charge in [-0.05, 0) is 24.7 Å². The predicted molar refractivity (Wildman–Crippen MR) is 63.4 cm³/mol. The fourth-order valence-electron chi connectivity index (χ4n) is 1.36. The molecule has 0 spiro atoms. The summed E-state index contributed by atoms with van der Waals surface area (Å²) in [7, 11) is 0. The molecule has 0 unspecified atom stereocenters. The molecule has 1 heterocycles. The van der Waals surface area contributed by atoms with Gasteiger partial charge < -0.3 is 4.57 Å². The highest BCUT2D eigenvalue weighted by atomic mass is 32.1. The van der Waals surface area contributed by atoms with Gasteiger partial charge in [-0.3, -0.25) is 0 Å². The Hall–Kier alpha value is -0.930. The lowest BCUT2D eigenvalue weighted by Crippen LogP contribution is -2.00. The monoisotopic (exact) mass is 221 g/mol. The smallest absolute Gasteiger partial charge is 0.161 e. The molecule has 0 saturated heterocycles. The zero-order valence-corrected chi connectivity index (χ0v) is 9.57. The Morgan fingerprint density at radius 3 is 2.57 bits per heavy atom. The van der Waals surface area contributed by atoms with Crippen LogP contribution in [0.3, 0.4) is 0 Å². The molecule has 0 aliphatic carbocycles. The Balaban J connectivity index is 2.32. The van der Waals surface area contributed by atoms with Crippen molar-refractivity contribution in [3.8, 4) is 0 Å². The Kier molecular flexibility index (Phi) is 2.79. The molecule has 0 amide bonds. The summed E-state index contributed by atoms with van der Waals surface area (Å²) in [5.41, 5.74) is 2.54. The van der Waals surface area contributed by atoms with Crippen molar-refractivity contribution in [1.82, 2.24) is 4.57 Å². The topological polar surface area (TPSA) is 4.93 Å². The molecule has 0 aliphatic heterocycles.